The van der Waals surface area contributed by atoms with E-state index in [0.717, 1.165) is 25.8 Å². The number of aliphatic hydroxyl groups excluding tert-OH is 1. The van der Waals surface area contributed by atoms with E-state index in [1.54, 1.807) is 0 Å². The smallest absolute Gasteiger partial charge is 0.219 e. The second-order valence-electron chi connectivity index (χ2n) is 3.90. The first kappa shape index (κ1) is 14.4. The highest BCUT2D eigenvalue weighted by atomic mass is 16.2. The van der Waals surface area contributed by atoms with E-state index in [-0.39, 0.29) is 5.91 Å². The SMILES string of the molecule is CCC(=O)NCCCCCCCCCO. The maximum Gasteiger partial charge on any atom is 0.219 e. The molecular formula is C12H25NO2. The second-order valence-corrected chi connectivity index (χ2v) is 3.90. The Kier molecular flexibility index (Phi) is 11.1. The first-order valence-electron chi connectivity index (χ1n) is 6.18. The number of aliphatic hydroxyl groups is 1. The van der Waals surface area contributed by atoms with Crippen LogP contribution < -0.4 is 5.32 Å². The van der Waals surface area contributed by atoms with E-state index in [4.69, 9.17) is 5.11 Å². The zero-order chi connectivity index (χ0) is 11.4. The topological polar surface area (TPSA) is 49.3 Å². The molecule has 0 spiro atoms. The third-order valence-electron chi connectivity index (χ3n) is 2.48. The van der Waals surface area contributed by atoms with Crippen LogP contribution in [0.2, 0.25) is 0 Å². The molecule has 0 fully saturated rings. The van der Waals surface area contributed by atoms with Crippen LogP contribution in [-0.4, -0.2) is 24.2 Å². The number of rotatable bonds is 10. The van der Waals surface area contributed by atoms with Gasteiger partial charge in [-0.3, -0.25) is 4.79 Å². The Morgan fingerprint density at radius 1 is 1.00 bits per heavy atom. The standard InChI is InChI=1S/C12H25NO2/c1-2-12(15)13-10-8-6-4-3-5-7-9-11-14/h14H,2-11H2,1H3,(H,13,15). The Labute approximate surface area is 93.3 Å². The third-order valence-corrected chi connectivity index (χ3v) is 2.48. The molecule has 0 aliphatic heterocycles. The molecule has 3 nitrogen and oxygen atoms in total. The number of carbonyl (C=O) groups is 1. The number of amides is 1. The molecule has 0 aromatic carbocycles. The van der Waals surface area contributed by atoms with Gasteiger partial charge in [0.1, 0.15) is 0 Å². The maximum absolute atomic E-state index is 10.9. The molecule has 0 saturated heterocycles. The van der Waals surface area contributed by atoms with Crippen molar-refractivity contribution in [3.8, 4) is 0 Å². The Morgan fingerprint density at radius 2 is 1.53 bits per heavy atom. The molecule has 0 aliphatic rings. The molecule has 0 heterocycles. The normalized spacial score (nSPS) is 10.3. The Balaban J connectivity index is 2.95. The summed E-state index contributed by atoms with van der Waals surface area (Å²) in [6, 6.07) is 0. The van der Waals surface area contributed by atoms with Crippen LogP contribution in [0.5, 0.6) is 0 Å². The van der Waals surface area contributed by atoms with Crippen molar-refractivity contribution in [3.63, 3.8) is 0 Å². The molecule has 0 radical (unpaired) electrons. The minimum Gasteiger partial charge on any atom is -0.396 e. The molecule has 2 N–H and O–H groups in total. The summed E-state index contributed by atoms with van der Waals surface area (Å²) in [5, 5.41) is 11.4. The number of carbonyl (C=O) groups excluding carboxylic acids is 1. The summed E-state index contributed by atoms with van der Waals surface area (Å²) >= 11 is 0. The zero-order valence-corrected chi connectivity index (χ0v) is 9.93. The van der Waals surface area contributed by atoms with Gasteiger partial charge in [0, 0.05) is 19.6 Å². The van der Waals surface area contributed by atoms with Crippen molar-refractivity contribution >= 4 is 5.91 Å². The molecule has 15 heavy (non-hydrogen) atoms. The molecule has 3 heteroatoms. The van der Waals surface area contributed by atoms with Gasteiger partial charge in [-0.1, -0.05) is 39.0 Å². The van der Waals surface area contributed by atoms with Crippen LogP contribution in [-0.2, 0) is 4.79 Å². The molecule has 0 bridgehead atoms. The van der Waals surface area contributed by atoms with Gasteiger partial charge in [-0.2, -0.15) is 0 Å². The highest BCUT2D eigenvalue weighted by molar-refractivity contribution is 5.75. The van der Waals surface area contributed by atoms with E-state index >= 15 is 0 Å². The summed E-state index contributed by atoms with van der Waals surface area (Å²) in [7, 11) is 0. The zero-order valence-electron chi connectivity index (χ0n) is 9.93. The Hall–Kier alpha value is -0.570. The van der Waals surface area contributed by atoms with Gasteiger partial charge in [0.2, 0.25) is 5.91 Å². The summed E-state index contributed by atoms with van der Waals surface area (Å²) in [5.74, 6) is 0.151. The van der Waals surface area contributed by atoms with Gasteiger partial charge in [0.25, 0.3) is 0 Å². The van der Waals surface area contributed by atoms with Gasteiger partial charge in [0.15, 0.2) is 0 Å². The summed E-state index contributed by atoms with van der Waals surface area (Å²) in [6.07, 6.45) is 8.67. The number of nitrogens with one attached hydrogen (secondary N) is 1. The summed E-state index contributed by atoms with van der Waals surface area (Å²) in [4.78, 5) is 10.9. The number of unbranched alkanes of at least 4 members (excludes halogenated alkanes) is 6. The molecule has 0 aromatic rings. The molecular weight excluding hydrogens is 190 g/mol. The van der Waals surface area contributed by atoms with E-state index < -0.39 is 0 Å². The fourth-order valence-electron chi connectivity index (χ4n) is 1.47. The van der Waals surface area contributed by atoms with Crippen molar-refractivity contribution in [2.75, 3.05) is 13.2 Å². The quantitative estimate of drug-likeness (QED) is 0.549. The van der Waals surface area contributed by atoms with Crippen molar-refractivity contribution in [3.05, 3.63) is 0 Å². The average molecular weight is 215 g/mol. The highest BCUT2D eigenvalue weighted by Crippen LogP contribution is 2.06. The van der Waals surface area contributed by atoms with E-state index in [2.05, 4.69) is 5.32 Å². The van der Waals surface area contributed by atoms with E-state index in [1.807, 2.05) is 6.92 Å². The highest BCUT2D eigenvalue weighted by Gasteiger charge is 1.95. The van der Waals surface area contributed by atoms with Crippen LogP contribution >= 0.6 is 0 Å². The van der Waals surface area contributed by atoms with Crippen LogP contribution in [0.3, 0.4) is 0 Å². The maximum atomic E-state index is 10.9. The minimum absolute atomic E-state index is 0.151. The summed E-state index contributed by atoms with van der Waals surface area (Å²) in [5.41, 5.74) is 0. The Bertz CT molecular complexity index is 149. The first-order chi connectivity index (χ1) is 7.31. The van der Waals surface area contributed by atoms with Crippen molar-refractivity contribution in [1.82, 2.24) is 5.32 Å². The van der Waals surface area contributed by atoms with Crippen LogP contribution in [0.15, 0.2) is 0 Å². The van der Waals surface area contributed by atoms with Gasteiger partial charge in [-0.15, -0.1) is 0 Å². The molecule has 0 aromatic heterocycles. The van der Waals surface area contributed by atoms with Crippen LogP contribution in [0.1, 0.15) is 58.3 Å². The van der Waals surface area contributed by atoms with Crippen molar-refractivity contribution in [2.24, 2.45) is 0 Å². The van der Waals surface area contributed by atoms with Gasteiger partial charge in [-0.05, 0) is 12.8 Å². The molecule has 0 rings (SSSR count). The average Bonchev–Trinajstić information content (AvgIpc) is 2.26. The summed E-state index contributed by atoms with van der Waals surface area (Å²) < 4.78 is 0. The minimum atomic E-state index is 0.151. The molecule has 0 unspecified atom stereocenters. The first-order valence-corrected chi connectivity index (χ1v) is 6.18. The lowest BCUT2D eigenvalue weighted by Crippen LogP contribution is -2.23. The monoisotopic (exact) mass is 215 g/mol. The largest absolute Gasteiger partial charge is 0.396 e. The van der Waals surface area contributed by atoms with Crippen molar-refractivity contribution in [2.45, 2.75) is 58.3 Å². The predicted octanol–water partition coefficient (Wildman–Crippen LogP) is 2.24. The van der Waals surface area contributed by atoms with E-state index in [0.29, 0.717) is 13.0 Å². The molecule has 90 valence electrons. The van der Waals surface area contributed by atoms with E-state index in [9.17, 15) is 4.79 Å². The van der Waals surface area contributed by atoms with Gasteiger partial charge >= 0.3 is 0 Å². The number of hydrogen-bond acceptors (Lipinski definition) is 2. The van der Waals surface area contributed by atoms with Crippen LogP contribution in [0.25, 0.3) is 0 Å². The molecule has 0 atom stereocenters. The number of hydrogen-bond donors (Lipinski definition) is 2. The summed E-state index contributed by atoms with van der Waals surface area (Å²) in [6.45, 7) is 3.02. The van der Waals surface area contributed by atoms with Gasteiger partial charge in [0.05, 0.1) is 0 Å². The lowest BCUT2D eigenvalue weighted by atomic mass is 10.1. The molecule has 0 saturated carbocycles. The fourth-order valence-corrected chi connectivity index (χ4v) is 1.47. The van der Waals surface area contributed by atoms with Gasteiger partial charge in [-0.25, -0.2) is 0 Å². The Morgan fingerprint density at radius 3 is 2.07 bits per heavy atom. The van der Waals surface area contributed by atoms with Crippen molar-refractivity contribution < 1.29 is 9.90 Å². The van der Waals surface area contributed by atoms with Crippen molar-refractivity contribution in [1.29, 1.82) is 0 Å². The van der Waals surface area contributed by atoms with Gasteiger partial charge < -0.3 is 10.4 Å². The molecule has 0 aliphatic carbocycles. The third kappa shape index (κ3) is 11.4. The van der Waals surface area contributed by atoms with Crippen LogP contribution in [0, 0.1) is 0 Å². The lowest BCUT2D eigenvalue weighted by molar-refractivity contribution is -0.120. The van der Waals surface area contributed by atoms with E-state index in [1.165, 1.54) is 25.7 Å². The second kappa shape index (κ2) is 11.5. The van der Waals surface area contributed by atoms with Crippen LogP contribution in [0.4, 0.5) is 0 Å². The predicted molar refractivity (Wildman–Crippen MR) is 62.7 cm³/mol. The fraction of sp³-hybridized carbons (Fsp3) is 0.917. The molecule has 1 amide bonds. The lowest BCUT2D eigenvalue weighted by Gasteiger charge is -2.03.